The molecule has 0 unspecified atom stereocenters. The van der Waals surface area contributed by atoms with Gasteiger partial charge in [0, 0.05) is 11.3 Å². The molecule has 0 aliphatic heterocycles. The zero-order valence-electron chi connectivity index (χ0n) is 13.6. The van der Waals surface area contributed by atoms with Gasteiger partial charge in [-0.25, -0.2) is 4.98 Å². The number of benzene rings is 2. The number of oxazole rings is 1. The number of nitrogens with zero attached hydrogens (tertiary/aromatic N) is 1. The normalized spacial score (nSPS) is 11.6. The predicted molar refractivity (Wildman–Crippen MR) is 93.1 cm³/mol. The Labute approximate surface area is 154 Å². The van der Waals surface area contributed by atoms with Gasteiger partial charge in [0.2, 0.25) is 5.89 Å². The number of anilines is 1. The fourth-order valence-corrected chi connectivity index (χ4v) is 2.94. The highest BCUT2D eigenvalue weighted by Gasteiger charge is 2.38. The molecule has 1 aromatic heterocycles. The number of alkyl halides is 3. The minimum absolute atomic E-state index is 0.00640. The lowest BCUT2D eigenvalue weighted by atomic mass is 10.2. The van der Waals surface area contributed by atoms with Crippen LogP contribution in [0.25, 0.3) is 22.6 Å². The number of fused-ring (bicyclic) bond motifs is 1. The van der Waals surface area contributed by atoms with Crippen LogP contribution < -0.4 is 10.1 Å². The highest BCUT2D eigenvalue weighted by molar-refractivity contribution is 9.10. The van der Waals surface area contributed by atoms with Crippen molar-refractivity contribution in [2.24, 2.45) is 0 Å². The second kappa shape index (κ2) is 6.64. The molecule has 9 heteroatoms. The zero-order chi connectivity index (χ0) is 19.1. The van der Waals surface area contributed by atoms with Gasteiger partial charge in [-0.05, 0) is 58.7 Å². The molecule has 0 saturated heterocycles. The van der Waals surface area contributed by atoms with Gasteiger partial charge in [-0.15, -0.1) is 0 Å². The summed E-state index contributed by atoms with van der Waals surface area (Å²) in [5.41, 5.74) is 1.97. The van der Waals surface area contributed by atoms with E-state index in [1.807, 2.05) is 5.32 Å². The van der Waals surface area contributed by atoms with Crippen LogP contribution in [0.5, 0.6) is 5.75 Å². The number of rotatable bonds is 3. The first-order valence-electron chi connectivity index (χ1n) is 7.32. The highest BCUT2D eigenvalue weighted by Crippen LogP contribution is 2.33. The fraction of sp³-hybridized carbons (Fsp3) is 0.176. The van der Waals surface area contributed by atoms with Crippen LogP contribution >= 0.6 is 15.9 Å². The Morgan fingerprint density at radius 3 is 2.62 bits per heavy atom. The highest BCUT2D eigenvalue weighted by atomic mass is 79.9. The summed E-state index contributed by atoms with van der Waals surface area (Å²) in [6, 6.07) is 7.96. The number of aryl methyl sites for hydroxylation is 1. The van der Waals surface area contributed by atoms with E-state index in [-0.39, 0.29) is 5.69 Å². The molecular formula is C17H12BrF3N2O3. The number of carbonyl (C=O) groups is 1. The Balaban J connectivity index is 2.00. The van der Waals surface area contributed by atoms with E-state index in [2.05, 4.69) is 20.9 Å². The zero-order valence-corrected chi connectivity index (χ0v) is 15.2. The van der Waals surface area contributed by atoms with Crippen LogP contribution in [0.1, 0.15) is 5.56 Å². The lowest BCUT2D eigenvalue weighted by Crippen LogP contribution is -2.29. The summed E-state index contributed by atoms with van der Waals surface area (Å²) in [7, 11) is 1.54. The second-order valence-corrected chi connectivity index (χ2v) is 6.32. The van der Waals surface area contributed by atoms with Gasteiger partial charge >= 0.3 is 12.1 Å². The van der Waals surface area contributed by atoms with Gasteiger partial charge in [0.25, 0.3) is 0 Å². The standard InChI is InChI=1S/C17H12BrF3N2O3/c1-8-5-10(22-16(24)17(19,20)21)7-12-14(8)26-15(23-12)9-3-4-13(25-2)11(18)6-9/h3-7H,1-2H3,(H,22,24). The molecule has 0 fully saturated rings. The molecule has 1 amide bonds. The van der Waals surface area contributed by atoms with Crippen LogP contribution in [0, 0.1) is 6.92 Å². The van der Waals surface area contributed by atoms with Gasteiger partial charge < -0.3 is 14.5 Å². The monoisotopic (exact) mass is 428 g/mol. The molecule has 0 radical (unpaired) electrons. The van der Waals surface area contributed by atoms with E-state index in [9.17, 15) is 18.0 Å². The molecular weight excluding hydrogens is 417 g/mol. The summed E-state index contributed by atoms with van der Waals surface area (Å²) < 4.78 is 48.8. The number of nitrogens with one attached hydrogen (secondary N) is 1. The number of carbonyl (C=O) groups excluding carboxylic acids is 1. The van der Waals surface area contributed by atoms with Crippen molar-refractivity contribution < 1.29 is 27.1 Å². The second-order valence-electron chi connectivity index (χ2n) is 5.46. The molecule has 136 valence electrons. The number of amides is 1. The number of aromatic nitrogens is 1. The van der Waals surface area contributed by atoms with E-state index < -0.39 is 12.1 Å². The number of methoxy groups -OCH3 is 1. The lowest BCUT2D eigenvalue weighted by Gasteiger charge is -2.08. The molecule has 3 aromatic rings. The Kier molecular flexibility index (Phi) is 4.66. The predicted octanol–water partition coefficient (Wildman–Crippen LogP) is 5.08. The van der Waals surface area contributed by atoms with Gasteiger partial charge in [0.05, 0.1) is 11.6 Å². The van der Waals surface area contributed by atoms with Crippen molar-refractivity contribution in [1.29, 1.82) is 0 Å². The Bertz CT molecular complexity index is 999. The summed E-state index contributed by atoms with van der Waals surface area (Å²) >= 11 is 3.37. The van der Waals surface area contributed by atoms with Crippen molar-refractivity contribution in [1.82, 2.24) is 4.98 Å². The molecule has 3 rings (SSSR count). The minimum atomic E-state index is -4.97. The largest absolute Gasteiger partial charge is 0.496 e. The van der Waals surface area contributed by atoms with Crippen LogP contribution in [-0.2, 0) is 4.79 Å². The molecule has 0 spiro atoms. The topological polar surface area (TPSA) is 64.4 Å². The SMILES string of the molecule is COc1ccc(-c2nc3cc(NC(=O)C(F)(F)F)cc(C)c3o2)cc1Br. The molecule has 2 aromatic carbocycles. The van der Waals surface area contributed by atoms with Crippen molar-refractivity contribution in [3.63, 3.8) is 0 Å². The number of hydrogen-bond donors (Lipinski definition) is 1. The van der Waals surface area contributed by atoms with Crippen LogP contribution in [0.2, 0.25) is 0 Å². The van der Waals surface area contributed by atoms with Crippen molar-refractivity contribution in [3.8, 4) is 17.2 Å². The van der Waals surface area contributed by atoms with Crippen LogP contribution in [-0.4, -0.2) is 24.2 Å². The van der Waals surface area contributed by atoms with Crippen molar-refractivity contribution in [2.75, 3.05) is 12.4 Å². The first kappa shape index (κ1) is 18.2. The number of ether oxygens (including phenoxy) is 1. The molecule has 26 heavy (non-hydrogen) atoms. The maximum Gasteiger partial charge on any atom is 0.471 e. The van der Waals surface area contributed by atoms with E-state index in [0.29, 0.717) is 38.3 Å². The van der Waals surface area contributed by atoms with E-state index in [4.69, 9.17) is 9.15 Å². The summed E-state index contributed by atoms with van der Waals surface area (Å²) in [6.45, 7) is 1.66. The first-order valence-corrected chi connectivity index (χ1v) is 8.11. The van der Waals surface area contributed by atoms with E-state index in [0.717, 1.165) is 0 Å². The van der Waals surface area contributed by atoms with Crippen molar-refractivity contribution in [2.45, 2.75) is 13.1 Å². The van der Waals surface area contributed by atoms with Crippen LogP contribution in [0.15, 0.2) is 39.2 Å². The van der Waals surface area contributed by atoms with Crippen molar-refractivity contribution in [3.05, 3.63) is 40.4 Å². The summed E-state index contributed by atoms with van der Waals surface area (Å²) in [5, 5.41) is 1.82. The average molecular weight is 429 g/mol. The average Bonchev–Trinajstić information content (AvgIpc) is 2.98. The van der Waals surface area contributed by atoms with Crippen LogP contribution in [0.3, 0.4) is 0 Å². The lowest BCUT2D eigenvalue weighted by molar-refractivity contribution is -0.167. The third-order valence-corrected chi connectivity index (χ3v) is 4.21. The molecule has 0 saturated carbocycles. The van der Waals surface area contributed by atoms with E-state index >= 15 is 0 Å². The molecule has 0 atom stereocenters. The third kappa shape index (κ3) is 3.52. The Morgan fingerprint density at radius 1 is 1.27 bits per heavy atom. The van der Waals surface area contributed by atoms with Crippen LogP contribution in [0.4, 0.5) is 18.9 Å². The summed E-state index contributed by atoms with van der Waals surface area (Å²) in [4.78, 5) is 15.4. The molecule has 5 nitrogen and oxygen atoms in total. The number of hydrogen-bond acceptors (Lipinski definition) is 4. The van der Waals surface area contributed by atoms with Crippen molar-refractivity contribution >= 4 is 38.6 Å². The maximum absolute atomic E-state index is 12.4. The fourth-order valence-electron chi connectivity index (χ4n) is 2.40. The molecule has 1 N–H and O–H groups in total. The summed E-state index contributed by atoms with van der Waals surface area (Å²) in [5.74, 6) is -1.11. The van der Waals surface area contributed by atoms with Gasteiger partial charge in [-0.1, -0.05) is 0 Å². The third-order valence-electron chi connectivity index (χ3n) is 3.59. The first-order chi connectivity index (χ1) is 12.2. The molecule has 0 aliphatic rings. The Morgan fingerprint density at radius 2 is 2.00 bits per heavy atom. The maximum atomic E-state index is 12.4. The molecule has 0 bridgehead atoms. The van der Waals surface area contributed by atoms with E-state index in [1.165, 1.54) is 12.1 Å². The van der Waals surface area contributed by atoms with Gasteiger partial charge in [0.1, 0.15) is 11.3 Å². The summed E-state index contributed by atoms with van der Waals surface area (Å²) in [6.07, 6.45) is -4.97. The molecule has 1 heterocycles. The van der Waals surface area contributed by atoms with Gasteiger partial charge in [-0.3, -0.25) is 4.79 Å². The smallest absolute Gasteiger partial charge is 0.471 e. The van der Waals surface area contributed by atoms with Gasteiger partial charge in [0.15, 0.2) is 5.58 Å². The number of halogens is 4. The quantitative estimate of drug-likeness (QED) is 0.631. The molecule has 0 aliphatic carbocycles. The van der Waals surface area contributed by atoms with Gasteiger partial charge in [-0.2, -0.15) is 13.2 Å². The van der Waals surface area contributed by atoms with E-state index in [1.54, 1.807) is 32.2 Å². The minimum Gasteiger partial charge on any atom is -0.496 e. The Hall–Kier alpha value is -2.55.